The smallest absolute Gasteiger partial charge is 0.269 e. The number of benzene rings is 1. The lowest BCUT2D eigenvalue weighted by Gasteiger charge is -2.33. The summed E-state index contributed by atoms with van der Waals surface area (Å²) in [5, 5.41) is 14.0. The Bertz CT molecular complexity index is 496. The Kier molecular flexibility index (Phi) is 8.43. The number of rotatable bonds is 4. The molecule has 1 N–H and O–H groups in total. The van der Waals surface area contributed by atoms with Gasteiger partial charge in [0, 0.05) is 43.9 Å². The maximum atomic E-state index is 13.9. The van der Waals surface area contributed by atoms with Gasteiger partial charge in [-0.25, -0.2) is 4.39 Å². The summed E-state index contributed by atoms with van der Waals surface area (Å²) in [7, 11) is 0. The van der Waals surface area contributed by atoms with Crippen molar-refractivity contribution in [3.63, 3.8) is 0 Å². The zero-order chi connectivity index (χ0) is 13.8. The molecule has 0 spiro atoms. The Labute approximate surface area is 135 Å². The van der Waals surface area contributed by atoms with Gasteiger partial charge in [0.1, 0.15) is 5.82 Å². The van der Waals surface area contributed by atoms with Crippen LogP contribution in [-0.4, -0.2) is 36.0 Å². The van der Waals surface area contributed by atoms with Crippen LogP contribution in [0.25, 0.3) is 0 Å². The van der Waals surface area contributed by atoms with Crippen LogP contribution in [0.15, 0.2) is 30.9 Å². The number of nitrogens with zero attached hydrogens (tertiary/aromatic N) is 2. The molecule has 1 atom stereocenters. The molecule has 1 aromatic rings. The van der Waals surface area contributed by atoms with Crippen LogP contribution in [0.3, 0.4) is 0 Å². The Morgan fingerprint density at radius 1 is 1.38 bits per heavy atom. The normalized spacial score (nSPS) is 16.2. The third-order valence-electron chi connectivity index (χ3n) is 3.28. The van der Waals surface area contributed by atoms with Crippen molar-refractivity contribution in [3.8, 4) is 0 Å². The number of hydrogen-bond donors (Lipinski definition) is 1. The molecule has 8 heteroatoms. The van der Waals surface area contributed by atoms with Crippen molar-refractivity contribution < 1.29 is 9.31 Å². The summed E-state index contributed by atoms with van der Waals surface area (Å²) in [6.07, 6.45) is 1.63. The second kappa shape index (κ2) is 8.94. The van der Waals surface area contributed by atoms with E-state index < -0.39 is 10.7 Å². The molecule has 0 bridgehead atoms. The van der Waals surface area contributed by atoms with Crippen LogP contribution in [0, 0.1) is 15.9 Å². The highest BCUT2D eigenvalue weighted by atomic mass is 35.5. The molecule has 1 aliphatic heterocycles. The summed E-state index contributed by atoms with van der Waals surface area (Å²) in [6.45, 7) is 6.90. The van der Waals surface area contributed by atoms with Crippen LogP contribution < -0.4 is 5.32 Å². The van der Waals surface area contributed by atoms with Gasteiger partial charge in [0.2, 0.25) is 0 Å². The van der Waals surface area contributed by atoms with Crippen LogP contribution >= 0.6 is 24.8 Å². The lowest BCUT2D eigenvalue weighted by atomic mass is 10.0. The number of piperazine rings is 1. The average Bonchev–Trinajstić information content (AvgIpc) is 2.42. The molecule has 118 valence electrons. The number of nitrogens with one attached hydrogen (secondary N) is 1. The van der Waals surface area contributed by atoms with E-state index in [2.05, 4.69) is 16.8 Å². The molecule has 0 aromatic heterocycles. The first-order valence-electron chi connectivity index (χ1n) is 6.14. The van der Waals surface area contributed by atoms with Gasteiger partial charge in [0.05, 0.1) is 11.0 Å². The number of non-ortho nitro benzene ring substituents is 1. The summed E-state index contributed by atoms with van der Waals surface area (Å²) in [5.41, 5.74) is 0.212. The summed E-state index contributed by atoms with van der Waals surface area (Å²) in [6, 6.07) is 3.29. The van der Waals surface area contributed by atoms with E-state index in [-0.39, 0.29) is 36.5 Å². The highest BCUT2D eigenvalue weighted by molar-refractivity contribution is 5.85. The summed E-state index contributed by atoms with van der Waals surface area (Å²) < 4.78 is 13.9. The zero-order valence-corrected chi connectivity index (χ0v) is 13.0. The van der Waals surface area contributed by atoms with E-state index in [4.69, 9.17) is 0 Å². The maximum Gasteiger partial charge on any atom is 0.269 e. The van der Waals surface area contributed by atoms with Crippen molar-refractivity contribution >= 4 is 30.5 Å². The zero-order valence-electron chi connectivity index (χ0n) is 11.3. The van der Waals surface area contributed by atoms with Crippen molar-refractivity contribution in [2.24, 2.45) is 0 Å². The van der Waals surface area contributed by atoms with Crippen LogP contribution in [0.4, 0.5) is 10.1 Å². The minimum absolute atomic E-state index is 0. The van der Waals surface area contributed by atoms with Gasteiger partial charge in [-0.05, 0) is 6.07 Å². The minimum atomic E-state index is -0.513. The standard InChI is InChI=1S/C13H16FN3O2.2ClH/c1-2-13(16-7-5-15-6-8-16)11-9-10(17(18)19)3-4-12(11)14;;/h2-4,9,13,15H,1,5-8H2;2*1H/t13-;;/m0../s1. The molecule has 2 rings (SSSR count). The number of nitro groups is 1. The molecule has 1 saturated heterocycles. The molecular formula is C13H18Cl2FN3O2. The molecule has 5 nitrogen and oxygen atoms in total. The van der Waals surface area contributed by atoms with Crippen LogP contribution in [0.5, 0.6) is 0 Å². The highest BCUT2D eigenvalue weighted by Gasteiger charge is 2.23. The van der Waals surface area contributed by atoms with Gasteiger partial charge in [-0.3, -0.25) is 15.0 Å². The lowest BCUT2D eigenvalue weighted by molar-refractivity contribution is -0.385. The molecule has 1 heterocycles. The molecule has 0 aliphatic carbocycles. The van der Waals surface area contributed by atoms with Crippen LogP contribution in [-0.2, 0) is 0 Å². The summed E-state index contributed by atoms with van der Waals surface area (Å²) in [5.74, 6) is -0.436. The third-order valence-corrected chi connectivity index (χ3v) is 3.28. The van der Waals surface area contributed by atoms with Gasteiger partial charge >= 0.3 is 0 Å². The molecule has 1 aliphatic rings. The Balaban J connectivity index is 0.00000200. The molecule has 0 unspecified atom stereocenters. The fraction of sp³-hybridized carbons (Fsp3) is 0.385. The first kappa shape index (κ1) is 19.8. The Morgan fingerprint density at radius 3 is 2.52 bits per heavy atom. The SMILES string of the molecule is C=C[C@@H](c1cc([N+](=O)[O-])ccc1F)N1CCNCC1.Cl.Cl. The molecule has 0 radical (unpaired) electrons. The Morgan fingerprint density at radius 2 is 2.00 bits per heavy atom. The molecule has 1 aromatic carbocycles. The molecule has 0 amide bonds. The van der Waals surface area contributed by atoms with E-state index in [1.54, 1.807) is 6.08 Å². The topological polar surface area (TPSA) is 58.4 Å². The van der Waals surface area contributed by atoms with Crippen molar-refractivity contribution in [2.75, 3.05) is 26.2 Å². The van der Waals surface area contributed by atoms with Crippen molar-refractivity contribution in [2.45, 2.75) is 6.04 Å². The highest BCUT2D eigenvalue weighted by Crippen LogP contribution is 2.28. The second-order valence-corrected chi connectivity index (χ2v) is 4.43. The number of halogens is 3. The predicted molar refractivity (Wildman–Crippen MR) is 84.9 cm³/mol. The molecule has 1 fully saturated rings. The van der Waals surface area contributed by atoms with E-state index in [0.717, 1.165) is 32.2 Å². The third kappa shape index (κ3) is 4.64. The first-order valence-corrected chi connectivity index (χ1v) is 6.14. The first-order chi connectivity index (χ1) is 9.13. The molecule has 0 saturated carbocycles. The van der Waals surface area contributed by atoms with Gasteiger partial charge in [-0.15, -0.1) is 31.4 Å². The van der Waals surface area contributed by atoms with E-state index in [1.807, 2.05) is 0 Å². The second-order valence-electron chi connectivity index (χ2n) is 4.43. The number of hydrogen-bond acceptors (Lipinski definition) is 4. The largest absolute Gasteiger partial charge is 0.314 e. The van der Waals surface area contributed by atoms with Gasteiger partial charge in [0.25, 0.3) is 5.69 Å². The quantitative estimate of drug-likeness (QED) is 0.521. The fourth-order valence-electron chi connectivity index (χ4n) is 2.30. The number of nitro benzene ring substituents is 1. The molecular weight excluding hydrogens is 320 g/mol. The monoisotopic (exact) mass is 337 g/mol. The fourth-order valence-corrected chi connectivity index (χ4v) is 2.30. The Hall–Kier alpha value is -1.21. The lowest BCUT2D eigenvalue weighted by Crippen LogP contribution is -2.44. The van der Waals surface area contributed by atoms with Crippen molar-refractivity contribution in [3.05, 3.63) is 52.3 Å². The van der Waals surface area contributed by atoms with Crippen LogP contribution in [0.1, 0.15) is 11.6 Å². The predicted octanol–water partition coefficient (Wildman–Crippen LogP) is 2.71. The molecule has 21 heavy (non-hydrogen) atoms. The van der Waals surface area contributed by atoms with E-state index >= 15 is 0 Å². The van der Waals surface area contributed by atoms with E-state index in [9.17, 15) is 14.5 Å². The minimum Gasteiger partial charge on any atom is -0.314 e. The van der Waals surface area contributed by atoms with E-state index in [0.29, 0.717) is 5.56 Å². The van der Waals surface area contributed by atoms with Crippen molar-refractivity contribution in [1.29, 1.82) is 0 Å². The van der Waals surface area contributed by atoms with Crippen LogP contribution in [0.2, 0.25) is 0 Å². The summed E-state index contributed by atoms with van der Waals surface area (Å²) >= 11 is 0. The van der Waals surface area contributed by atoms with Gasteiger partial charge < -0.3 is 5.32 Å². The van der Waals surface area contributed by atoms with E-state index in [1.165, 1.54) is 12.1 Å². The summed E-state index contributed by atoms with van der Waals surface area (Å²) in [4.78, 5) is 12.3. The van der Waals surface area contributed by atoms with Gasteiger partial charge in [-0.1, -0.05) is 6.08 Å². The van der Waals surface area contributed by atoms with Crippen molar-refractivity contribution in [1.82, 2.24) is 10.2 Å². The average molecular weight is 338 g/mol. The van der Waals surface area contributed by atoms with Gasteiger partial charge in [-0.2, -0.15) is 0 Å². The maximum absolute atomic E-state index is 13.9. The van der Waals surface area contributed by atoms with Gasteiger partial charge in [0.15, 0.2) is 0 Å².